The highest BCUT2D eigenvalue weighted by atomic mass is 15.0. The quantitative estimate of drug-likeness (QED) is 0.577. The van der Waals surface area contributed by atoms with Crippen LogP contribution in [0.15, 0.2) is 12.7 Å². The maximum Gasteiger partial charge on any atom is 0.0306 e. The third-order valence-corrected chi connectivity index (χ3v) is 2.55. The predicted octanol–water partition coefficient (Wildman–Crippen LogP) is 0.889. The lowest BCUT2D eigenvalue weighted by Crippen LogP contribution is -2.50. The van der Waals surface area contributed by atoms with Gasteiger partial charge in [0.1, 0.15) is 0 Å². The van der Waals surface area contributed by atoms with Gasteiger partial charge in [-0.2, -0.15) is 0 Å². The van der Waals surface area contributed by atoms with Crippen LogP contribution in [0.5, 0.6) is 0 Å². The molecule has 3 N–H and O–H groups in total. The Morgan fingerprint density at radius 1 is 1.73 bits per heavy atom. The molecule has 2 heteroatoms. The molecule has 1 aliphatic rings. The Morgan fingerprint density at radius 2 is 2.36 bits per heavy atom. The molecular formula is C9H18N2. The van der Waals surface area contributed by atoms with Gasteiger partial charge in [-0.1, -0.05) is 6.08 Å². The van der Waals surface area contributed by atoms with E-state index in [1.807, 2.05) is 6.08 Å². The zero-order valence-electron chi connectivity index (χ0n) is 7.27. The summed E-state index contributed by atoms with van der Waals surface area (Å²) in [6.45, 7) is 7.47. The van der Waals surface area contributed by atoms with Crippen molar-refractivity contribution >= 4 is 0 Å². The monoisotopic (exact) mass is 154 g/mol. The van der Waals surface area contributed by atoms with Crippen molar-refractivity contribution in [3.63, 3.8) is 0 Å². The third-order valence-electron chi connectivity index (χ3n) is 2.55. The average molecular weight is 154 g/mol. The highest BCUT2D eigenvalue weighted by molar-refractivity contribution is 4.99. The normalized spacial score (nSPS) is 22.7. The lowest BCUT2D eigenvalue weighted by atomic mass is 9.96. The molecule has 0 aromatic rings. The molecule has 0 saturated heterocycles. The molecule has 0 heterocycles. The van der Waals surface area contributed by atoms with Gasteiger partial charge in [-0.3, -0.25) is 0 Å². The van der Waals surface area contributed by atoms with Crippen LogP contribution >= 0.6 is 0 Å². The molecule has 2 nitrogen and oxygen atoms in total. The molecule has 1 unspecified atom stereocenters. The highest BCUT2D eigenvalue weighted by Crippen LogP contribution is 2.38. The van der Waals surface area contributed by atoms with Crippen molar-refractivity contribution in [1.29, 1.82) is 0 Å². The molecular weight excluding hydrogens is 136 g/mol. The summed E-state index contributed by atoms with van der Waals surface area (Å²) in [6, 6.07) is 0. The standard InChI is InChI=1S/C9H18N2/c1-3-6-11-9(2,7-10)8-4-5-8/h3,8,11H,1,4-7,10H2,2H3. The van der Waals surface area contributed by atoms with Crippen molar-refractivity contribution in [2.45, 2.75) is 25.3 Å². The fourth-order valence-corrected chi connectivity index (χ4v) is 1.41. The average Bonchev–Trinajstić information content (AvgIpc) is 2.82. The van der Waals surface area contributed by atoms with Crippen LogP contribution in [0.3, 0.4) is 0 Å². The van der Waals surface area contributed by atoms with Crippen molar-refractivity contribution < 1.29 is 0 Å². The topological polar surface area (TPSA) is 38.0 Å². The molecule has 64 valence electrons. The summed E-state index contributed by atoms with van der Waals surface area (Å²) < 4.78 is 0. The summed E-state index contributed by atoms with van der Waals surface area (Å²) in [6.07, 6.45) is 4.55. The number of nitrogens with two attached hydrogens (primary N) is 1. The van der Waals surface area contributed by atoms with Crippen LogP contribution < -0.4 is 11.1 Å². The van der Waals surface area contributed by atoms with Gasteiger partial charge in [0.2, 0.25) is 0 Å². The molecule has 1 rings (SSSR count). The van der Waals surface area contributed by atoms with Crippen LogP contribution in [-0.2, 0) is 0 Å². The number of hydrogen-bond donors (Lipinski definition) is 2. The van der Waals surface area contributed by atoms with Crippen molar-refractivity contribution in [3.8, 4) is 0 Å². The molecule has 0 aromatic carbocycles. The summed E-state index contributed by atoms with van der Waals surface area (Å²) in [5.41, 5.74) is 5.85. The molecule has 0 spiro atoms. The SMILES string of the molecule is C=CCNC(C)(CN)C1CC1. The largest absolute Gasteiger partial charge is 0.329 e. The van der Waals surface area contributed by atoms with E-state index < -0.39 is 0 Å². The summed E-state index contributed by atoms with van der Waals surface area (Å²) in [4.78, 5) is 0. The zero-order valence-corrected chi connectivity index (χ0v) is 7.27. The van der Waals surface area contributed by atoms with Gasteiger partial charge in [0, 0.05) is 18.6 Å². The van der Waals surface area contributed by atoms with Crippen LogP contribution in [0.1, 0.15) is 19.8 Å². The van der Waals surface area contributed by atoms with Crippen molar-refractivity contribution in [2.24, 2.45) is 11.7 Å². The van der Waals surface area contributed by atoms with E-state index in [-0.39, 0.29) is 5.54 Å². The van der Waals surface area contributed by atoms with Gasteiger partial charge in [0.15, 0.2) is 0 Å². The van der Waals surface area contributed by atoms with Gasteiger partial charge < -0.3 is 11.1 Å². The van der Waals surface area contributed by atoms with Crippen molar-refractivity contribution in [1.82, 2.24) is 5.32 Å². The van der Waals surface area contributed by atoms with E-state index >= 15 is 0 Å². The Kier molecular flexibility index (Phi) is 2.68. The smallest absolute Gasteiger partial charge is 0.0306 e. The summed E-state index contributed by atoms with van der Waals surface area (Å²) in [7, 11) is 0. The molecule has 1 aliphatic carbocycles. The minimum atomic E-state index is 0.161. The third kappa shape index (κ3) is 2.04. The first-order valence-electron chi connectivity index (χ1n) is 4.29. The van der Waals surface area contributed by atoms with Gasteiger partial charge in [-0.25, -0.2) is 0 Å². The maximum absolute atomic E-state index is 5.69. The fraction of sp³-hybridized carbons (Fsp3) is 0.778. The second-order valence-electron chi connectivity index (χ2n) is 3.57. The molecule has 11 heavy (non-hydrogen) atoms. The Hall–Kier alpha value is -0.340. The van der Waals surface area contributed by atoms with E-state index in [0.29, 0.717) is 0 Å². The van der Waals surface area contributed by atoms with Gasteiger partial charge >= 0.3 is 0 Å². The van der Waals surface area contributed by atoms with E-state index in [0.717, 1.165) is 19.0 Å². The number of hydrogen-bond acceptors (Lipinski definition) is 2. The molecule has 0 aliphatic heterocycles. The fourth-order valence-electron chi connectivity index (χ4n) is 1.41. The Bertz CT molecular complexity index is 140. The molecule has 0 bridgehead atoms. The van der Waals surface area contributed by atoms with Gasteiger partial charge in [-0.05, 0) is 25.7 Å². The van der Waals surface area contributed by atoms with Crippen LogP contribution in [0.2, 0.25) is 0 Å². The van der Waals surface area contributed by atoms with Gasteiger partial charge in [-0.15, -0.1) is 6.58 Å². The Balaban J connectivity index is 2.37. The minimum absolute atomic E-state index is 0.161. The van der Waals surface area contributed by atoms with Crippen LogP contribution in [0, 0.1) is 5.92 Å². The maximum atomic E-state index is 5.69. The van der Waals surface area contributed by atoms with E-state index in [9.17, 15) is 0 Å². The summed E-state index contributed by atoms with van der Waals surface area (Å²) >= 11 is 0. The van der Waals surface area contributed by atoms with E-state index in [1.54, 1.807) is 0 Å². The second kappa shape index (κ2) is 3.37. The molecule has 0 aromatic heterocycles. The zero-order chi connectivity index (χ0) is 8.32. The van der Waals surface area contributed by atoms with Gasteiger partial charge in [0.25, 0.3) is 0 Å². The molecule has 1 fully saturated rings. The first-order valence-corrected chi connectivity index (χ1v) is 4.29. The van der Waals surface area contributed by atoms with Crippen LogP contribution in [-0.4, -0.2) is 18.6 Å². The molecule has 1 saturated carbocycles. The second-order valence-corrected chi connectivity index (χ2v) is 3.57. The van der Waals surface area contributed by atoms with Crippen LogP contribution in [0.25, 0.3) is 0 Å². The molecule has 0 radical (unpaired) electrons. The first-order chi connectivity index (χ1) is 5.23. The highest BCUT2D eigenvalue weighted by Gasteiger charge is 2.39. The van der Waals surface area contributed by atoms with Crippen molar-refractivity contribution in [2.75, 3.05) is 13.1 Å². The Morgan fingerprint density at radius 3 is 2.73 bits per heavy atom. The van der Waals surface area contributed by atoms with Crippen LogP contribution in [0.4, 0.5) is 0 Å². The number of rotatable bonds is 5. The summed E-state index contributed by atoms with van der Waals surface area (Å²) in [5.74, 6) is 0.799. The lowest BCUT2D eigenvalue weighted by Gasteiger charge is -2.28. The van der Waals surface area contributed by atoms with E-state index in [2.05, 4.69) is 18.8 Å². The van der Waals surface area contributed by atoms with Crippen molar-refractivity contribution in [3.05, 3.63) is 12.7 Å². The van der Waals surface area contributed by atoms with E-state index in [4.69, 9.17) is 5.73 Å². The molecule has 1 atom stereocenters. The van der Waals surface area contributed by atoms with Gasteiger partial charge in [0.05, 0.1) is 0 Å². The number of nitrogens with one attached hydrogen (secondary N) is 1. The molecule has 0 amide bonds. The Labute approximate surface area is 68.9 Å². The lowest BCUT2D eigenvalue weighted by molar-refractivity contribution is 0.333. The first kappa shape index (κ1) is 8.75. The van der Waals surface area contributed by atoms with E-state index in [1.165, 1.54) is 12.8 Å². The minimum Gasteiger partial charge on any atom is -0.329 e. The predicted molar refractivity (Wildman–Crippen MR) is 48.4 cm³/mol. The summed E-state index contributed by atoms with van der Waals surface area (Å²) in [5, 5.41) is 3.41.